The molecule has 0 bridgehead atoms. The van der Waals surface area contributed by atoms with Crippen molar-refractivity contribution in [3.8, 4) is 11.1 Å². The third-order valence-electron chi connectivity index (χ3n) is 5.81. The van der Waals surface area contributed by atoms with Crippen LogP contribution in [0.5, 0.6) is 0 Å². The molecule has 0 N–H and O–H groups in total. The van der Waals surface area contributed by atoms with E-state index in [4.69, 9.17) is 9.31 Å². The Morgan fingerprint density at radius 2 is 1.25 bits per heavy atom. The van der Waals surface area contributed by atoms with Crippen LogP contribution in [0.2, 0.25) is 0 Å². The summed E-state index contributed by atoms with van der Waals surface area (Å²) in [6.45, 7) is 12.1. The minimum atomic E-state index is -2.13. The second-order valence-corrected chi connectivity index (χ2v) is 11.1. The van der Waals surface area contributed by atoms with Gasteiger partial charge in [-0.3, -0.25) is 0 Å². The van der Waals surface area contributed by atoms with Crippen molar-refractivity contribution in [3.63, 3.8) is 0 Å². The highest BCUT2D eigenvalue weighted by Crippen LogP contribution is 2.36. The molecule has 28 heavy (non-hydrogen) atoms. The summed E-state index contributed by atoms with van der Waals surface area (Å²) < 4.78 is 29.2. The van der Waals surface area contributed by atoms with Crippen LogP contribution in [-0.2, 0) is 19.0 Å². The number of hydrogen-bond acceptors (Lipinski definition) is 4. The molecule has 1 heterocycles. The molecule has 0 atom stereocenters. The number of benzene rings is 2. The standard InChI is InChI=1S/C22H30BNO3S/c1-7-28(25,8-2)24-20-15-11-18(12-16-20)17-9-13-19(14-10-17)23-26-21(3,4)22(5,6)27-23/h9-16H,7-8H2,1-6H3. The van der Waals surface area contributed by atoms with Crippen LogP contribution in [0.1, 0.15) is 41.5 Å². The molecule has 2 aromatic carbocycles. The molecule has 0 aromatic heterocycles. The van der Waals surface area contributed by atoms with Crippen LogP contribution in [0.15, 0.2) is 52.9 Å². The Kier molecular flexibility index (Phi) is 5.77. The van der Waals surface area contributed by atoms with E-state index in [9.17, 15) is 4.21 Å². The molecule has 0 radical (unpaired) electrons. The van der Waals surface area contributed by atoms with Crippen LogP contribution in [0.3, 0.4) is 0 Å². The van der Waals surface area contributed by atoms with Gasteiger partial charge in [-0.2, -0.15) is 4.36 Å². The second-order valence-electron chi connectivity index (χ2n) is 8.20. The van der Waals surface area contributed by atoms with E-state index in [1.807, 2.05) is 38.1 Å². The van der Waals surface area contributed by atoms with Crippen molar-refractivity contribution in [2.75, 3.05) is 11.5 Å². The molecule has 2 aromatic rings. The lowest BCUT2D eigenvalue weighted by molar-refractivity contribution is 0.00578. The fourth-order valence-corrected chi connectivity index (χ4v) is 4.22. The summed E-state index contributed by atoms with van der Waals surface area (Å²) in [7, 11) is -2.48. The molecule has 0 spiro atoms. The van der Waals surface area contributed by atoms with Gasteiger partial charge in [0, 0.05) is 11.5 Å². The predicted molar refractivity (Wildman–Crippen MR) is 119 cm³/mol. The van der Waals surface area contributed by atoms with Crippen molar-refractivity contribution < 1.29 is 13.5 Å². The molecule has 0 saturated carbocycles. The Balaban J connectivity index is 1.79. The van der Waals surface area contributed by atoms with E-state index >= 15 is 0 Å². The summed E-state index contributed by atoms with van der Waals surface area (Å²) in [5.74, 6) is 1.15. The molecule has 0 amide bonds. The third-order valence-corrected chi connectivity index (χ3v) is 8.16. The fourth-order valence-electron chi connectivity index (χ4n) is 3.05. The highest BCUT2D eigenvalue weighted by Gasteiger charge is 2.51. The minimum Gasteiger partial charge on any atom is -0.399 e. The number of nitrogens with zero attached hydrogens (tertiary/aromatic N) is 1. The molecule has 1 saturated heterocycles. The minimum absolute atomic E-state index is 0.342. The van der Waals surface area contributed by atoms with Gasteiger partial charge in [0.15, 0.2) is 0 Å². The average Bonchev–Trinajstić information content (AvgIpc) is 2.90. The van der Waals surface area contributed by atoms with Gasteiger partial charge in [-0.25, -0.2) is 4.21 Å². The van der Waals surface area contributed by atoms with Crippen molar-refractivity contribution >= 4 is 28.0 Å². The zero-order valence-electron chi connectivity index (χ0n) is 17.7. The topological polar surface area (TPSA) is 47.9 Å². The molecule has 1 aliphatic rings. The van der Waals surface area contributed by atoms with Crippen molar-refractivity contribution in [1.82, 2.24) is 0 Å². The molecule has 4 nitrogen and oxygen atoms in total. The van der Waals surface area contributed by atoms with Gasteiger partial charge in [0.2, 0.25) is 0 Å². The Morgan fingerprint density at radius 1 is 0.821 bits per heavy atom. The van der Waals surface area contributed by atoms with Crippen LogP contribution in [0.4, 0.5) is 5.69 Å². The van der Waals surface area contributed by atoms with E-state index in [0.717, 1.165) is 22.3 Å². The van der Waals surface area contributed by atoms with Crippen molar-refractivity contribution in [1.29, 1.82) is 0 Å². The highest BCUT2D eigenvalue weighted by molar-refractivity contribution is 7.93. The molecular weight excluding hydrogens is 369 g/mol. The summed E-state index contributed by atoms with van der Waals surface area (Å²) >= 11 is 0. The van der Waals surface area contributed by atoms with Crippen molar-refractivity contribution in [3.05, 3.63) is 48.5 Å². The Bertz CT molecular complexity index is 917. The maximum Gasteiger partial charge on any atom is 0.494 e. The molecule has 0 aliphatic carbocycles. The summed E-state index contributed by atoms with van der Waals surface area (Å²) in [4.78, 5) is 0. The van der Waals surface area contributed by atoms with Crippen LogP contribution in [-0.4, -0.2) is 34.0 Å². The largest absolute Gasteiger partial charge is 0.494 e. The molecule has 3 rings (SSSR count). The van der Waals surface area contributed by atoms with E-state index in [1.165, 1.54) is 0 Å². The lowest BCUT2D eigenvalue weighted by atomic mass is 9.78. The smallest absolute Gasteiger partial charge is 0.399 e. The zero-order valence-corrected chi connectivity index (χ0v) is 18.5. The van der Waals surface area contributed by atoms with Gasteiger partial charge in [0.25, 0.3) is 0 Å². The van der Waals surface area contributed by atoms with Gasteiger partial charge >= 0.3 is 7.12 Å². The van der Waals surface area contributed by atoms with Crippen LogP contribution < -0.4 is 5.46 Å². The van der Waals surface area contributed by atoms with Crippen LogP contribution in [0, 0.1) is 0 Å². The molecule has 6 heteroatoms. The maximum absolute atomic E-state index is 12.5. The maximum atomic E-state index is 12.5. The highest BCUT2D eigenvalue weighted by atomic mass is 32.2. The number of hydrogen-bond donors (Lipinski definition) is 0. The lowest BCUT2D eigenvalue weighted by Crippen LogP contribution is -2.41. The zero-order chi connectivity index (χ0) is 20.6. The SMILES string of the molecule is CCS(=O)(CC)=Nc1ccc(-c2ccc(B3OC(C)(C)C(C)(C)O3)cc2)cc1. The monoisotopic (exact) mass is 399 g/mol. The summed E-state index contributed by atoms with van der Waals surface area (Å²) in [5.41, 5.74) is 3.31. The van der Waals surface area contributed by atoms with Gasteiger partial charge in [-0.05, 0) is 56.4 Å². The van der Waals surface area contributed by atoms with Gasteiger partial charge in [0.05, 0.1) is 26.6 Å². The Hall–Kier alpha value is -1.63. The molecule has 1 aliphatic heterocycles. The fraction of sp³-hybridized carbons (Fsp3) is 0.455. The predicted octanol–water partition coefficient (Wildman–Crippen LogP) is 4.79. The van der Waals surface area contributed by atoms with Gasteiger partial charge in [0.1, 0.15) is 0 Å². The first-order valence-corrected chi connectivity index (χ1v) is 11.7. The van der Waals surface area contributed by atoms with E-state index in [1.54, 1.807) is 0 Å². The van der Waals surface area contributed by atoms with Gasteiger partial charge in [-0.1, -0.05) is 50.2 Å². The van der Waals surface area contributed by atoms with E-state index in [-0.39, 0.29) is 18.3 Å². The second kappa shape index (κ2) is 7.66. The lowest BCUT2D eigenvalue weighted by Gasteiger charge is -2.32. The average molecular weight is 399 g/mol. The van der Waals surface area contributed by atoms with Crippen molar-refractivity contribution in [2.24, 2.45) is 4.36 Å². The summed E-state index contributed by atoms with van der Waals surface area (Å²) in [6.07, 6.45) is 0. The molecule has 0 unspecified atom stereocenters. The Morgan fingerprint density at radius 3 is 1.68 bits per heavy atom. The normalized spacial score (nSPS) is 18.3. The van der Waals surface area contributed by atoms with Crippen LogP contribution in [0.25, 0.3) is 11.1 Å². The molecular formula is C22H30BNO3S. The van der Waals surface area contributed by atoms with Crippen LogP contribution >= 0.6 is 0 Å². The molecule has 1 fully saturated rings. The van der Waals surface area contributed by atoms with Gasteiger partial charge in [-0.15, -0.1) is 0 Å². The van der Waals surface area contributed by atoms with E-state index in [2.05, 4.69) is 56.3 Å². The third kappa shape index (κ3) is 4.19. The molecule has 150 valence electrons. The summed E-state index contributed by atoms with van der Waals surface area (Å²) in [6, 6.07) is 16.2. The van der Waals surface area contributed by atoms with Gasteiger partial charge < -0.3 is 9.31 Å². The van der Waals surface area contributed by atoms with Crippen molar-refractivity contribution in [2.45, 2.75) is 52.7 Å². The first-order valence-electron chi connectivity index (χ1n) is 9.88. The Labute approximate surface area is 170 Å². The summed E-state index contributed by atoms with van der Waals surface area (Å²) in [5, 5.41) is 0. The van der Waals surface area contributed by atoms with E-state index < -0.39 is 9.73 Å². The first-order chi connectivity index (χ1) is 13.1. The number of rotatable bonds is 5. The van der Waals surface area contributed by atoms with E-state index in [0.29, 0.717) is 11.5 Å². The quantitative estimate of drug-likeness (QED) is 0.679. The first kappa shape index (κ1) is 21.1.